The molecule has 0 saturated carbocycles. The van der Waals surface area contributed by atoms with Gasteiger partial charge in [-0.3, -0.25) is 4.79 Å². The zero-order chi connectivity index (χ0) is 15.1. The van der Waals surface area contributed by atoms with Crippen molar-refractivity contribution in [2.45, 2.75) is 40.0 Å². The minimum absolute atomic E-state index is 0.0500. The number of aromatic nitrogens is 2. The molecule has 0 fully saturated rings. The highest BCUT2D eigenvalue weighted by atomic mass is 16.1. The van der Waals surface area contributed by atoms with Crippen molar-refractivity contribution in [2.24, 2.45) is 0 Å². The number of fused-ring (bicyclic) bond motifs is 1. The van der Waals surface area contributed by atoms with Gasteiger partial charge in [0.05, 0.1) is 17.1 Å². The van der Waals surface area contributed by atoms with E-state index in [1.54, 1.807) is 0 Å². The van der Waals surface area contributed by atoms with Crippen molar-refractivity contribution >= 4 is 17.3 Å². The quantitative estimate of drug-likeness (QED) is 0.832. The van der Waals surface area contributed by atoms with Gasteiger partial charge in [-0.15, -0.1) is 0 Å². The summed E-state index contributed by atoms with van der Waals surface area (Å²) in [6, 6.07) is 3.88. The average Bonchev–Trinajstić information content (AvgIpc) is 2.72. The fourth-order valence-corrected chi connectivity index (χ4v) is 3.04. The summed E-state index contributed by atoms with van der Waals surface area (Å²) in [7, 11) is 0. The first kappa shape index (κ1) is 13.7. The Morgan fingerprint density at radius 1 is 1.33 bits per heavy atom. The lowest BCUT2D eigenvalue weighted by Crippen LogP contribution is -2.20. The molecule has 0 spiro atoms. The molecule has 1 amide bonds. The van der Waals surface area contributed by atoms with E-state index >= 15 is 0 Å². The molecule has 2 heterocycles. The van der Waals surface area contributed by atoms with Gasteiger partial charge >= 0.3 is 0 Å². The molecule has 0 atom stereocenters. The molecule has 0 aliphatic carbocycles. The molecule has 1 aromatic heterocycles. The highest BCUT2D eigenvalue weighted by molar-refractivity contribution is 5.95. The molecule has 3 rings (SSSR count). The maximum atomic E-state index is 11.5. The van der Waals surface area contributed by atoms with Crippen molar-refractivity contribution in [3.05, 3.63) is 34.6 Å². The molecule has 2 aromatic rings. The van der Waals surface area contributed by atoms with Gasteiger partial charge in [0.2, 0.25) is 5.91 Å². The first-order valence-electron chi connectivity index (χ1n) is 7.29. The van der Waals surface area contributed by atoms with Crippen LogP contribution in [0.25, 0.3) is 5.69 Å². The molecule has 0 saturated heterocycles. The van der Waals surface area contributed by atoms with Gasteiger partial charge in [0.25, 0.3) is 0 Å². The number of amides is 1. The third-order valence-corrected chi connectivity index (χ3v) is 4.17. The Bertz CT molecular complexity index is 730. The SMILES string of the molecule is CCc1c(C)nn(-c2cc3c(cc2N)NC(=O)CC3)c1C. The number of carbonyl (C=O) groups is 1. The Balaban J connectivity index is 2.13. The number of nitrogens with one attached hydrogen (secondary N) is 1. The Labute approximate surface area is 124 Å². The number of nitrogen functional groups attached to an aromatic ring is 1. The molecule has 1 aliphatic rings. The second kappa shape index (κ2) is 4.91. The smallest absolute Gasteiger partial charge is 0.224 e. The standard InChI is InChI=1S/C16H20N4O/c1-4-12-9(2)19-20(10(12)3)15-7-11-5-6-16(21)18-14(11)8-13(15)17/h7-8H,4-6,17H2,1-3H3,(H,18,21). The molecule has 0 bridgehead atoms. The summed E-state index contributed by atoms with van der Waals surface area (Å²) in [5.74, 6) is 0.0500. The topological polar surface area (TPSA) is 72.9 Å². The largest absolute Gasteiger partial charge is 0.397 e. The molecular formula is C16H20N4O. The Kier molecular flexibility index (Phi) is 3.20. The Hall–Kier alpha value is -2.30. The number of hydrogen-bond donors (Lipinski definition) is 2. The van der Waals surface area contributed by atoms with Gasteiger partial charge in [0, 0.05) is 17.8 Å². The van der Waals surface area contributed by atoms with Crippen molar-refractivity contribution in [1.82, 2.24) is 9.78 Å². The molecule has 3 N–H and O–H groups in total. The summed E-state index contributed by atoms with van der Waals surface area (Å²) in [4.78, 5) is 11.5. The van der Waals surface area contributed by atoms with E-state index in [0.29, 0.717) is 12.1 Å². The molecule has 5 heteroatoms. The predicted molar refractivity (Wildman–Crippen MR) is 83.8 cm³/mol. The van der Waals surface area contributed by atoms with Gasteiger partial charge in [-0.05, 0) is 49.9 Å². The summed E-state index contributed by atoms with van der Waals surface area (Å²) >= 11 is 0. The number of anilines is 2. The van der Waals surface area contributed by atoms with Crippen LogP contribution in [0.3, 0.4) is 0 Å². The molecule has 21 heavy (non-hydrogen) atoms. The summed E-state index contributed by atoms with van der Waals surface area (Å²) in [5.41, 5.74) is 13.1. The average molecular weight is 284 g/mol. The highest BCUT2D eigenvalue weighted by Gasteiger charge is 2.19. The third kappa shape index (κ3) is 2.18. The van der Waals surface area contributed by atoms with E-state index in [9.17, 15) is 4.79 Å². The van der Waals surface area contributed by atoms with Crippen molar-refractivity contribution < 1.29 is 4.79 Å². The van der Waals surface area contributed by atoms with Crippen LogP contribution in [0.1, 0.15) is 35.9 Å². The van der Waals surface area contributed by atoms with Crippen LogP contribution in [0.4, 0.5) is 11.4 Å². The van der Waals surface area contributed by atoms with Gasteiger partial charge < -0.3 is 11.1 Å². The molecule has 1 aliphatic heterocycles. The highest BCUT2D eigenvalue weighted by Crippen LogP contribution is 2.31. The van der Waals surface area contributed by atoms with Crippen molar-refractivity contribution in [3.8, 4) is 5.69 Å². The Morgan fingerprint density at radius 2 is 2.10 bits per heavy atom. The van der Waals surface area contributed by atoms with E-state index in [0.717, 1.165) is 41.2 Å². The lowest BCUT2D eigenvalue weighted by Gasteiger charge is -2.19. The van der Waals surface area contributed by atoms with E-state index in [1.807, 2.05) is 23.7 Å². The molecule has 0 radical (unpaired) electrons. The van der Waals surface area contributed by atoms with Crippen molar-refractivity contribution in [3.63, 3.8) is 0 Å². The van der Waals surface area contributed by atoms with Crippen LogP contribution in [0.2, 0.25) is 0 Å². The van der Waals surface area contributed by atoms with E-state index in [4.69, 9.17) is 5.73 Å². The van der Waals surface area contributed by atoms with E-state index in [-0.39, 0.29) is 5.91 Å². The van der Waals surface area contributed by atoms with Crippen LogP contribution in [0.5, 0.6) is 0 Å². The van der Waals surface area contributed by atoms with Crippen LogP contribution in [0, 0.1) is 13.8 Å². The van der Waals surface area contributed by atoms with Crippen LogP contribution in [-0.2, 0) is 17.6 Å². The van der Waals surface area contributed by atoms with Gasteiger partial charge in [0.15, 0.2) is 0 Å². The molecule has 110 valence electrons. The second-order valence-corrected chi connectivity index (χ2v) is 5.53. The number of rotatable bonds is 2. The number of nitrogens with two attached hydrogens (primary N) is 1. The van der Waals surface area contributed by atoms with E-state index in [1.165, 1.54) is 5.56 Å². The number of benzene rings is 1. The fourth-order valence-electron chi connectivity index (χ4n) is 3.04. The summed E-state index contributed by atoms with van der Waals surface area (Å²) < 4.78 is 1.92. The minimum atomic E-state index is 0.0500. The zero-order valence-electron chi connectivity index (χ0n) is 12.7. The Morgan fingerprint density at radius 3 is 2.76 bits per heavy atom. The third-order valence-electron chi connectivity index (χ3n) is 4.17. The maximum absolute atomic E-state index is 11.5. The van der Waals surface area contributed by atoms with Gasteiger partial charge in [-0.25, -0.2) is 4.68 Å². The van der Waals surface area contributed by atoms with Gasteiger partial charge in [-0.2, -0.15) is 5.10 Å². The van der Waals surface area contributed by atoms with Crippen LogP contribution in [-0.4, -0.2) is 15.7 Å². The first-order valence-corrected chi connectivity index (χ1v) is 7.29. The van der Waals surface area contributed by atoms with E-state index < -0.39 is 0 Å². The maximum Gasteiger partial charge on any atom is 0.224 e. The lowest BCUT2D eigenvalue weighted by molar-refractivity contribution is -0.116. The van der Waals surface area contributed by atoms with Crippen LogP contribution in [0.15, 0.2) is 12.1 Å². The summed E-state index contributed by atoms with van der Waals surface area (Å²) in [6.45, 7) is 6.23. The number of carbonyl (C=O) groups excluding carboxylic acids is 1. The predicted octanol–water partition coefficient (Wildman–Crippen LogP) is 2.52. The van der Waals surface area contributed by atoms with Crippen molar-refractivity contribution in [1.29, 1.82) is 0 Å². The number of aryl methyl sites for hydroxylation is 2. The summed E-state index contributed by atoms with van der Waals surface area (Å²) in [5, 5.41) is 7.50. The summed E-state index contributed by atoms with van der Waals surface area (Å²) in [6.07, 6.45) is 2.22. The molecule has 0 unspecified atom stereocenters. The van der Waals surface area contributed by atoms with E-state index in [2.05, 4.69) is 24.3 Å². The van der Waals surface area contributed by atoms with Crippen LogP contribution < -0.4 is 11.1 Å². The number of hydrogen-bond acceptors (Lipinski definition) is 3. The lowest BCUT2D eigenvalue weighted by atomic mass is 10.0. The number of nitrogens with zero attached hydrogens (tertiary/aromatic N) is 2. The van der Waals surface area contributed by atoms with Gasteiger partial charge in [0.1, 0.15) is 0 Å². The second-order valence-electron chi connectivity index (χ2n) is 5.53. The van der Waals surface area contributed by atoms with Gasteiger partial charge in [-0.1, -0.05) is 6.92 Å². The zero-order valence-corrected chi connectivity index (χ0v) is 12.7. The van der Waals surface area contributed by atoms with Crippen molar-refractivity contribution in [2.75, 3.05) is 11.1 Å². The molecule has 5 nitrogen and oxygen atoms in total. The molecule has 1 aromatic carbocycles. The fraction of sp³-hybridized carbons (Fsp3) is 0.375. The minimum Gasteiger partial charge on any atom is -0.397 e. The monoisotopic (exact) mass is 284 g/mol. The first-order chi connectivity index (χ1) is 10.0. The molecular weight excluding hydrogens is 264 g/mol. The normalized spacial score (nSPS) is 14.0. The van der Waals surface area contributed by atoms with Crippen LogP contribution >= 0.6 is 0 Å².